The molecule has 0 saturated heterocycles. The zero-order valence-electron chi connectivity index (χ0n) is 14.6. The van der Waals surface area contributed by atoms with Crippen LogP contribution in [0.2, 0.25) is 0 Å². The molecule has 2 rings (SSSR count). The smallest absolute Gasteiger partial charge is 0.254 e. The zero-order chi connectivity index (χ0) is 19.6. The second-order valence-corrected chi connectivity index (χ2v) is 5.40. The quantitative estimate of drug-likeness (QED) is 0.652. The van der Waals surface area contributed by atoms with Crippen molar-refractivity contribution in [1.82, 2.24) is 10.3 Å². The average Bonchev–Trinajstić information content (AvgIpc) is 2.63. The van der Waals surface area contributed by atoms with Crippen LogP contribution in [0.3, 0.4) is 0 Å². The molecular formula is C18H19F2N3O4. The van der Waals surface area contributed by atoms with Gasteiger partial charge in [0.2, 0.25) is 11.8 Å². The number of nitrogens with zero attached hydrogens (tertiary/aromatic N) is 1. The maximum Gasteiger partial charge on any atom is 0.254 e. The van der Waals surface area contributed by atoms with Gasteiger partial charge in [-0.3, -0.25) is 9.59 Å². The summed E-state index contributed by atoms with van der Waals surface area (Å²) in [5.74, 6) is -2.41. The Morgan fingerprint density at radius 3 is 2.63 bits per heavy atom. The van der Waals surface area contributed by atoms with Gasteiger partial charge in [0.1, 0.15) is 18.2 Å². The molecule has 144 valence electrons. The SMILES string of the molecule is COCCOc1ccc(NC(=O)CCNC(=O)c2ccc(F)cc2F)cn1. The Hall–Kier alpha value is -3.07. The highest BCUT2D eigenvalue weighted by Crippen LogP contribution is 2.12. The van der Waals surface area contributed by atoms with Crippen molar-refractivity contribution in [2.45, 2.75) is 6.42 Å². The fourth-order valence-electron chi connectivity index (χ4n) is 2.05. The molecule has 0 fully saturated rings. The van der Waals surface area contributed by atoms with Crippen LogP contribution >= 0.6 is 0 Å². The number of amides is 2. The van der Waals surface area contributed by atoms with Gasteiger partial charge in [-0.15, -0.1) is 0 Å². The summed E-state index contributed by atoms with van der Waals surface area (Å²) in [5, 5.41) is 5.02. The number of hydrogen-bond donors (Lipinski definition) is 2. The Bertz CT molecular complexity index is 785. The normalized spacial score (nSPS) is 10.3. The number of anilines is 1. The highest BCUT2D eigenvalue weighted by atomic mass is 19.1. The summed E-state index contributed by atoms with van der Waals surface area (Å²) in [7, 11) is 1.56. The lowest BCUT2D eigenvalue weighted by molar-refractivity contribution is -0.116. The number of benzene rings is 1. The molecule has 27 heavy (non-hydrogen) atoms. The molecule has 2 amide bonds. The summed E-state index contributed by atoms with van der Waals surface area (Å²) >= 11 is 0. The molecule has 1 aromatic heterocycles. The third-order valence-electron chi connectivity index (χ3n) is 3.37. The van der Waals surface area contributed by atoms with Gasteiger partial charge in [0.05, 0.1) is 24.1 Å². The van der Waals surface area contributed by atoms with Gasteiger partial charge in [-0.1, -0.05) is 0 Å². The summed E-state index contributed by atoms with van der Waals surface area (Å²) in [5.41, 5.74) is 0.181. The Morgan fingerprint density at radius 1 is 1.15 bits per heavy atom. The minimum atomic E-state index is -0.962. The lowest BCUT2D eigenvalue weighted by Crippen LogP contribution is -2.28. The maximum atomic E-state index is 13.5. The van der Waals surface area contributed by atoms with E-state index in [2.05, 4.69) is 15.6 Å². The van der Waals surface area contributed by atoms with Gasteiger partial charge in [0.15, 0.2) is 0 Å². The fraction of sp³-hybridized carbons (Fsp3) is 0.278. The molecule has 2 N–H and O–H groups in total. The van der Waals surface area contributed by atoms with Crippen LogP contribution in [0.4, 0.5) is 14.5 Å². The average molecular weight is 379 g/mol. The van der Waals surface area contributed by atoms with Crippen LogP contribution in [0.15, 0.2) is 36.5 Å². The first kappa shape index (κ1) is 20.2. The maximum absolute atomic E-state index is 13.5. The number of methoxy groups -OCH3 is 1. The van der Waals surface area contributed by atoms with E-state index in [-0.39, 0.29) is 24.4 Å². The van der Waals surface area contributed by atoms with Crippen molar-refractivity contribution in [1.29, 1.82) is 0 Å². The molecule has 0 unspecified atom stereocenters. The minimum absolute atomic E-state index is 0.00682. The van der Waals surface area contributed by atoms with Crippen molar-refractivity contribution >= 4 is 17.5 Å². The third-order valence-corrected chi connectivity index (χ3v) is 3.37. The van der Waals surface area contributed by atoms with E-state index < -0.39 is 17.5 Å². The molecule has 0 aliphatic heterocycles. The van der Waals surface area contributed by atoms with Gasteiger partial charge in [0, 0.05) is 32.2 Å². The van der Waals surface area contributed by atoms with Crippen LogP contribution in [-0.4, -0.2) is 43.7 Å². The Morgan fingerprint density at radius 2 is 1.96 bits per heavy atom. The molecular weight excluding hydrogens is 360 g/mol. The van der Waals surface area contributed by atoms with Crippen LogP contribution in [0, 0.1) is 11.6 Å². The fourth-order valence-corrected chi connectivity index (χ4v) is 2.05. The number of nitrogens with one attached hydrogen (secondary N) is 2. The molecule has 7 nitrogen and oxygen atoms in total. The molecule has 0 bridgehead atoms. The van der Waals surface area contributed by atoms with Crippen LogP contribution in [-0.2, 0) is 9.53 Å². The number of pyridine rings is 1. The summed E-state index contributed by atoms with van der Waals surface area (Å²) in [6, 6.07) is 5.88. The number of halogens is 2. The Kier molecular flexibility index (Phi) is 7.63. The topological polar surface area (TPSA) is 89.5 Å². The number of carbonyl (C=O) groups excluding carboxylic acids is 2. The molecule has 0 spiro atoms. The van der Waals surface area contributed by atoms with E-state index >= 15 is 0 Å². The van der Waals surface area contributed by atoms with Gasteiger partial charge >= 0.3 is 0 Å². The van der Waals surface area contributed by atoms with Gasteiger partial charge in [-0.25, -0.2) is 13.8 Å². The molecule has 9 heteroatoms. The van der Waals surface area contributed by atoms with E-state index in [4.69, 9.17) is 9.47 Å². The summed E-state index contributed by atoms with van der Waals surface area (Å²) in [4.78, 5) is 27.7. The minimum Gasteiger partial charge on any atom is -0.475 e. The van der Waals surface area contributed by atoms with Crippen molar-refractivity contribution in [2.24, 2.45) is 0 Å². The monoisotopic (exact) mass is 379 g/mol. The summed E-state index contributed by atoms with van der Waals surface area (Å²) in [6.45, 7) is 0.796. The first-order valence-corrected chi connectivity index (χ1v) is 8.10. The van der Waals surface area contributed by atoms with E-state index in [0.29, 0.717) is 30.8 Å². The van der Waals surface area contributed by atoms with Crippen molar-refractivity contribution in [3.63, 3.8) is 0 Å². The molecule has 0 aliphatic carbocycles. The van der Waals surface area contributed by atoms with Gasteiger partial charge in [-0.05, 0) is 18.2 Å². The van der Waals surface area contributed by atoms with E-state index in [1.807, 2.05) is 0 Å². The van der Waals surface area contributed by atoms with Gasteiger partial charge < -0.3 is 20.1 Å². The number of carbonyl (C=O) groups is 2. The lowest BCUT2D eigenvalue weighted by Gasteiger charge is -2.08. The molecule has 1 aromatic carbocycles. The second kappa shape index (κ2) is 10.2. The highest BCUT2D eigenvalue weighted by molar-refractivity contribution is 5.95. The van der Waals surface area contributed by atoms with Crippen LogP contribution in [0.1, 0.15) is 16.8 Å². The first-order chi connectivity index (χ1) is 13.0. The zero-order valence-corrected chi connectivity index (χ0v) is 14.6. The Labute approximate surface area is 154 Å². The predicted molar refractivity (Wildman–Crippen MR) is 93.5 cm³/mol. The summed E-state index contributed by atoms with van der Waals surface area (Å²) < 4.78 is 36.5. The van der Waals surface area contributed by atoms with Crippen LogP contribution in [0.5, 0.6) is 5.88 Å². The first-order valence-electron chi connectivity index (χ1n) is 8.10. The van der Waals surface area contributed by atoms with E-state index in [1.165, 1.54) is 6.20 Å². The third kappa shape index (κ3) is 6.63. The van der Waals surface area contributed by atoms with E-state index in [0.717, 1.165) is 12.1 Å². The lowest BCUT2D eigenvalue weighted by atomic mass is 10.2. The number of aromatic nitrogens is 1. The van der Waals surface area contributed by atoms with E-state index in [9.17, 15) is 18.4 Å². The molecule has 2 aromatic rings. The Balaban J connectivity index is 1.75. The van der Waals surface area contributed by atoms with Crippen LogP contribution < -0.4 is 15.4 Å². The van der Waals surface area contributed by atoms with Crippen molar-refractivity contribution in [3.8, 4) is 5.88 Å². The summed E-state index contributed by atoms with van der Waals surface area (Å²) in [6.07, 6.45) is 1.41. The van der Waals surface area contributed by atoms with Gasteiger partial charge in [0.25, 0.3) is 5.91 Å². The molecule has 0 saturated carbocycles. The van der Waals surface area contributed by atoms with Crippen molar-refractivity contribution in [2.75, 3.05) is 32.2 Å². The standard InChI is InChI=1S/C18H19F2N3O4/c1-26-8-9-27-17-5-3-13(11-22-17)23-16(24)6-7-21-18(25)14-4-2-12(19)10-15(14)20/h2-5,10-11H,6-9H2,1H3,(H,21,25)(H,23,24). The van der Waals surface area contributed by atoms with Crippen LogP contribution in [0.25, 0.3) is 0 Å². The largest absolute Gasteiger partial charge is 0.475 e. The van der Waals surface area contributed by atoms with Crippen molar-refractivity contribution < 1.29 is 27.8 Å². The van der Waals surface area contributed by atoms with Crippen molar-refractivity contribution in [3.05, 3.63) is 53.7 Å². The number of ether oxygens (including phenoxy) is 2. The predicted octanol–water partition coefficient (Wildman–Crippen LogP) is 2.14. The number of hydrogen-bond acceptors (Lipinski definition) is 5. The molecule has 0 aliphatic rings. The second-order valence-electron chi connectivity index (χ2n) is 5.40. The number of rotatable bonds is 9. The molecule has 0 radical (unpaired) electrons. The molecule has 1 heterocycles. The van der Waals surface area contributed by atoms with E-state index in [1.54, 1.807) is 19.2 Å². The molecule has 0 atom stereocenters. The highest BCUT2D eigenvalue weighted by Gasteiger charge is 2.12. The van der Waals surface area contributed by atoms with Gasteiger partial charge in [-0.2, -0.15) is 0 Å².